The van der Waals surface area contributed by atoms with E-state index in [9.17, 15) is 8.78 Å². The largest absolute Gasteiger partial charge is 0.451 e. The molecule has 0 fully saturated rings. The van der Waals surface area contributed by atoms with Crippen LogP contribution in [0.4, 0.5) is 8.78 Å². The average molecular weight is 259 g/mol. The Morgan fingerprint density at radius 1 is 1.05 bits per heavy atom. The quantitative estimate of drug-likeness (QED) is 0.807. The summed E-state index contributed by atoms with van der Waals surface area (Å²) < 4.78 is 32.7. The number of nitriles is 1. The zero-order valence-electron chi connectivity index (χ0n) is 10.5. The Balaban J connectivity index is 2.44. The third-order valence-corrected chi connectivity index (χ3v) is 2.68. The number of nitrogens with zero attached hydrogens (tertiary/aromatic N) is 1. The second-order valence-electron chi connectivity index (χ2n) is 4.25. The molecule has 19 heavy (non-hydrogen) atoms. The average Bonchev–Trinajstić information content (AvgIpc) is 2.37. The van der Waals surface area contributed by atoms with Crippen molar-refractivity contribution < 1.29 is 13.5 Å². The molecule has 0 saturated heterocycles. The molecule has 0 unspecified atom stereocenters. The van der Waals surface area contributed by atoms with Crippen molar-refractivity contribution in [2.24, 2.45) is 0 Å². The van der Waals surface area contributed by atoms with Crippen LogP contribution in [0.2, 0.25) is 0 Å². The molecule has 0 aliphatic rings. The molecule has 0 heterocycles. The highest BCUT2D eigenvalue weighted by Gasteiger charge is 2.14. The topological polar surface area (TPSA) is 33.0 Å². The van der Waals surface area contributed by atoms with E-state index in [0.29, 0.717) is 5.75 Å². The highest BCUT2D eigenvalue weighted by molar-refractivity contribution is 5.43. The molecule has 0 aliphatic carbocycles. The molecule has 2 aromatic carbocycles. The van der Waals surface area contributed by atoms with Crippen molar-refractivity contribution >= 4 is 0 Å². The summed E-state index contributed by atoms with van der Waals surface area (Å²) in [4.78, 5) is 0. The van der Waals surface area contributed by atoms with Crippen LogP contribution < -0.4 is 4.74 Å². The fourth-order valence-electron chi connectivity index (χ4n) is 1.65. The van der Waals surface area contributed by atoms with E-state index in [1.807, 2.05) is 19.1 Å². The lowest BCUT2D eigenvalue weighted by atomic mass is 10.1. The molecule has 0 bridgehead atoms. The van der Waals surface area contributed by atoms with Crippen LogP contribution in [-0.2, 0) is 0 Å². The van der Waals surface area contributed by atoms with Crippen LogP contribution >= 0.6 is 0 Å². The number of hydrogen-bond donors (Lipinski definition) is 0. The Kier molecular flexibility index (Phi) is 3.48. The summed E-state index contributed by atoms with van der Waals surface area (Å²) in [5.74, 6) is -1.88. The third kappa shape index (κ3) is 2.71. The Morgan fingerprint density at radius 2 is 1.68 bits per heavy atom. The zero-order chi connectivity index (χ0) is 14.0. The van der Waals surface area contributed by atoms with E-state index in [1.165, 1.54) is 0 Å². The van der Waals surface area contributed by atoms with Gasteiger partial charge in [0.15, 0.2) is 17.4 Å². The summed E-state index contributed by atoms with van der Waals surface area (Å²) in [6.07, 6.45) is 0. The molecule has 0 atom stereocenters. The first kappa shape index (κ1) is 13.0. The summed E-state index contributed by atoms with van der Waals surface area (Å²) >= 11 is 0. The maximum absolute atomic E-state index is 13.7. The second-order valence-corrected chi connectivity index (χ2v) is 4.25. The molecule has 4 heteroatoms. The Hall–Kier alpha value is -2.41. The molecule has 96 valence electrons. The van der Waals surface area contributed by atoms with Crippen LogP contribution in [0.25, 0.3) is 0 Å². The van der Waals surface area contributed by atoms with E-state index < -0.39 is 17.4 Å². The normalized spacial score (nSPS) is 10.1. The maximum atomic E-state index is 13.7. The Morgan fingerprint density at radius 3 is 2.26 bits per heavy atom. The third-order valence-electron chi connectivity index (χ3n) is 2.68. The summed E-state index contributed by atoms with van der Waals surface area (Å²) in [5.41, 5.74) is 1.62. The molecule has 0 aromatic heterocycles. The van der Waals surface area contributed by atoms with E-state index in [-0.39, 0.29) is 5.56 Å². The molecule has 2 nitrogen and oxygen atoms in total. The van der Waals surface area contributed by atoms with Gasteiger partial charge in [-0.15, -0.1) is 0 Å². The lowest BCUT2D eigenvalue weighted by molar-refractivity contribution is 0.405. The van der Waals surface area contributed by atoms with Gasteiger partial charge in [-0.05, 0) is 43.2 Å². The minimum absolute atomic E-state index is 0.0803. The minimum atomic E-state index is -0.891. The lowest BCUT2D eigenvalue weighted by Crippen LogP contribution is -1.96. The van der Waals surface area contributed by atoms with Crippen LogP contribution in [0.5, 0.6) is 11.5 Å². The van der Waals surface area contributed by atoms with Gasteiger partial charge in [0, 0.05) is 0 Å². The van der Waals surface area contributed by atoms with Gasteiger partial charge in [-0.1, -0.05) is 12.1 Å². The summed E-state index contributed by atoms with van der Waals surface area (Å²) in [5, 5.41) is 8.62. The number of ether oxygens (including phenoxy) is 1. The van der Waals surface area contributed by atoms with Crippen LogP contribution in [0.15, 0.2) is 30.3 Å². The molecule has 0 amide bonds. The van der Waals surface area contributed by atoms with E-state index in [1.54, 1.807) is 19.1 Å². The van der Waals surface area contributed by atoms with Crippen molar-refractivity contribution in [1.29, 1.82) is 5.26 Å². The predicted octanol–water partition coefficient (Wildman–Crippen LogP) is 4.25. The second kappa shape index (κ2) is 5.07. The molecule has 0 N–H and O–H groups in total. The first-order chi connectivity index (χ1) is 9.01. The standard InChI is InChI=1S/C15H11F2NO/c1-9-3-4-10(2)14(5-9)19-15-12(16)6-11(8-18)7-13(15)17/h3-7H,1-2H3. The van der Waals surface area contributed by atoms with E-state index in [0.717, 1.165) is 23.3 Å². The monoisotopic (exact) mass is 259 g/mol. The van der Waals surface area contributed by atoms with Gasteiger partial charge in [-0.3, -0.25) is 0 Å². The van der Waals surface area contributed by atoms with Crippen LogP contribution in [-0.4, -0.2) is 0 Å². The fourth-order valence-corrected chi connectivity index (χ4v) is 1.65. The van der Waals surface area contributed by atoms with Gasteiger partial charge >= 0.3 is 0 Å². The summed E-state index contributed by atoms with van der Waals surface area (Å²) in [6.45, 7) is 3.64. The number of rotatable bonds is 2. The molecule has 0 spiro atoms. The summed E-state index contributed by atoms with van der Waals surface area (Å²) in [6, 6.07) is 8.97. The van der Waals surface area contributed by atoms with Gasteiger partial charge in [0.25, 0.3) is 0 Å². The van der Waals surface area contributed by atoms with Gasteiger partial charge in [0.05, 0.1) is 11.6 Å². The van der Waals surface area contributed by atoms with Crippen molar-refractivity contribution in [2.45, 2.75) is 13.8 Å². The van der Waals surface area contributed by atoms with Crippen molar-refractivity contribution in [3.63, 3.8) is 0 Å². The number of halogens is 2. The van der Waals surface area contributed by atoms with Gasteiger partial charge in [-0.25, -0.2) is 8.78 Å². The van der Waals surface area contributed by atoms with Crippen molar-refractivity contribution in [1.82, 2.24) is 0 Å². The van der Waals surface area contributed by atoms with Crippen LogP contribution in [0, 0.1) is 36.8 Å². The van der Waals surface area contributed by atoms with Gasteiger partial charge in [-0.2, -0.15) is 5.26 Å². The molecule has 2 aromatic rings. The molecule has 0 saturated carbocycles. The lowest BCUT2D eigenvalue weighted by Gasteiger charge is -2.11. The minimum Gasteiger partial charge on any atom is -0.451 e. The van der Waals surface area contributed by atoms with Crippen molar-refractivity contribution in [3.8, 4) is 17.6 Å². The predicted molar refractivity (Wildman–Crippen MR) is 67.1 cm³/mol. The maximum Gasteiger partial charge on any atom is 0.198 e. The van der Waals surface area contributed by atoms with Crippen molar-refractivity contribution in [2.75, 3.05) is 0 Å². The SMILES string of the molecule is Cc1ccc(C)c(Oc2c(F)cc(C#N)cc2F)c1. The van der Waals surface area contributed by atoms with Gasteiger partial charge in [0.1, 0.15) is 5.75 Å². The molecular weight excluding hydrogens is 248 g/mol. The van der Waals surface area contributed by atoms with E-state index in [4.69, 9.17) is 10.00 Å². The fraction of sp³-hybridized carbons (Fsp3) is 0.133. The number of hydrogen-bond acceptors (Lipinski definition) is 2. The molecule has 0 aliphatic heterocycles. The van der Waals surface area contributed by atoms with Gasteiger partial charge < -0.3 is 4.74 Å². The first-order valence-electron chi connectivity index (χ1n) is 5.65. The smallest absolute Gasteiger partial charge is 0.198 e. The molecular formula is C15H11F2NO. The number of benzene rings is 2. The molecule has 2 rings (SSSR count). The van der Waals surface area contributed by atoms with Crippen molar-refractivity contribution in [3.05, 3.63) is 58.7 Å². The first-order valence-corrected chi connectivity index (χ1v) is 5.65. The van der Waals surface area contributed by atoms with E-state index in [2.05, 4.69) is 0 Å². The highest BCUT2D eigenvalue weighted by Crippen LogP contribution is 2.30. The van der Waals surface area contributed by atoms with E-state index >= 15 is 0 Å². The summed E-state index contributed by atoms with van der Waals surface area (Å²) in [7, 11) is 0. The Labute approximate surface area is 109 Å². The Bertz CT molecular complexity index is 651. The van der Waals surface area contributed by atoms with Gasteiger partial charge in [0.2, 0.25) is 0 Å². The van der Waals surface area contributed by atoms with Crippen LogP contribution in [0.1, 0.15) is 16.7 Å². The van der Waals surface area contributed by atoms with Crippen LogP contribution in [0.3, 0.4) is 0 Å². The molecule has 0 radical (unpaired) electrons. The number of aryl methyl sites for hydroxylation is 2. The zero-order valence-corrected chi connectivity index (χ0v) is 10.5. The highest BCUT2D eigenvalue weighted by atomic mass is 19.1.